The van der Waals surface area contributed by atoms with Gasteiger partial charge in [0.2, 0.25) is 5.91 Å². The first-order chi connectivity index (χ1) is 8.04. The third-order valence-electron chi connectivity index (χ3n) is 2.81. The van der Waals surface area contributed by atoms with E-state index in [1.165, 1.54) is 0 Å². The van der Waals surface area contributed by atoms with Crippen LogP contribution in [-0.2, 0) is 4.79 Å². The van der Waals surface area contributed by atoms with Gasteiger partial charge in [0, 0.05) is 11.6 Å². The third kappa shape index (κ3) is 2.38. The van der Waals surface area contributed by atoms with Gasteiger partial charge in [0.25, 0.3) is 0 Å². The Morgan fingerprint density at radius 2 is 1.88 bits per heavy atom. The topological polar surface area (TPSA) is 32.3 Å². The van der Waals surface area contributed by atoms with Crippen LogP contribution in [-0.4, -0.2) is 25.5 Å². The molecule has 6 heteroatoms. The van der Waals surface area contributed by atoms with Crippen molar-refractivity contribution in [1.82, 2.24) is 5.32 Å². The zero-order chi connectivity index (χ0) is 12.6. The summed E-state index contributed by atoms with van der Waals surface area (Å²) in [5.41, 5.74) is 0.542. The minimum absolute atomic E-state index is 0.0152. The number of rotatable bonds is 2. The van der Waals surface area contributed by atoms with Crippen molar-refractivity contribution in [3.8, 4) is 0 Å². The molecule has 1 amide bonds. The fourth-order valence-corrected chi connectivity index (χ4v) is 2.98. The van der Waals surface area contributed by atoms with Crippen LogP contribution in [0.5, 0.6) is 0 Å². The van der Waals surface area contributed by atoms with Crippen LogP contribution in [0.3, 0.4) is 0 Å². The molecule has 3 nitrogen and oxygen atoms in total. The quantitative estimate of drug-likeness (QED) is 0.909. The average Bonchev–Trinajstić information content (AvgIpc) is 2.59. The maximum absolute atomic E-state index is 12.0. The maximum Gasteiger partial charge on any atom is 0.244 e. The van der Waals surface area contributed by atoms with E-state index in [0.29, 0.717) is 27.3 Å². The van der Waals surface area contributed by atoms with E-state index in [0.717, 1.165) is 6.42 Å². The van der Waals surface area contributed by atoms with Crippen LogP contribution in [0.1, 0.15) is 6.42 Å². The maximum atomic E-state index is 12.0. The van der Waals surface area contributed by atoms with E-state index in [9.17, 15) is 4.79 Å². The highest BCUT2D eigenvalue weighted by Crippen LogP contribution is 2.38. The van der Waals surface area contributed by atoms with Gasteiger partial charge in [-0.25, -0.2) is 0 Å². The smallest absolute Gasteiger partial charge is 0.244 e. The summed E-state index contributed by atoms with van der Waals surface area (Å²) in [6, 6.07) is 3.01. The molecule has 1 N–H and O–H groups in total. The number of hydrogen-bond donors (Lipinski definition) is 1. The standard InChI is InChI=1S/C11H11Cl3N2O/c1-15-9-2-3-16(11(9)17)10-7(13)4-6(12)5-8(10)14/h4-5,9,15H,2-3H2,1H3. The van der Waals surface area contributed by atoms with E-state index in [4.69, 9.17) is 34.8 Å². The van der Waals surface area contributed by atoms with Crippen molar-refractivity contribution < 1.29 is 4.79 Å². The summed E-state index contributed by atoms with van der Waals surface area (Å²) < 4.78 is 0. The Kier molecular flexibility index (Phi) is 3.83. The molecule has 0 aliphatic carbocycles. The molecule has 17 heavy (non-hydrogen) atoms. The molecule has 1 heterocycles. The number of hydrogen-bond acceptors (Lipinski definition) is 2. The molecule has 1 saturated heterocycles. The number of halogens is 3. The van der Waals surface area contributed by atoms with Gasteiger partial charge < -0.3 is 10.2 Å². The van der Waals surface area contributed by atoms with Crippen molar-refractivity contribution in [2.75, 3.05) is 18.5 Å². The fraction of sp³-hybridized carbons (Fsp3) is 0.364. The molecule has 1 unspecified atom stereocenters. The molecule has 0 bridgehead atoms. The third-order valence-corrected chi connectivity index (χ3v) is 3.60. The predicted octanol–water partition coefficient (Wildman–Crippen LogP) is 2.97. The number of nitrogens with zero attached hydrogens (tertiary/aromatic N) is 1. The molecular formula is C11H11Cl3N2O. The van der Waals surface area contributed by atoms with Gasteiger partial charge in [-0.1, -0.05) is 34.8 Å². The number of amides is 1. The second-order valence-electron chi connectivity index (χ2n) is 3.84. The molecule has 0 aromatic heterocycles. The van der Waals surface area contributed by atoms with Crippen molar-refractivity contribution in [2.24, 2.45) is 0 Å². The van der Waals surface area contributed by atoms with Crippen LogP contribution in [0.15, 0.2) is 12.1 Å². The monoisotopic (exact) mass is 292 g/mol. The van der Waals surface area contributed by atoms with Crippen LogP contribution < -0.4 is 10.2 Å². The first kappa shape index (κ1) is 13.0. The summed E-state index contributed by atoms with van der Waals surface area (Å²) in [7, 11) is 1.76. The van der Waals surface area contributed by atoms with E-state index in [2.05, 4.69) is 5.32 Å². The van der Waals surface area contributed by atoms with E-state index >= 15 is 0 Å². The van der Waals surface area contributed by atoms with Crippen molar-refractivity contribution in [3.05, 3.63) is 27.2 Å². The summed E-state index contributed by atoms with van der Waals surface area (Å²) in [4.78, 5) is 13.6. The Morgan fingerprint density at radius 1 is 1.29 bits per heavy atom. The number of carbonyl (C=O) groups excluding carboxylic acids is 1. The van der Waals surface area contributed by atoms with Crippen LogP contribution in [0, 0.1) is 0 Å². The number of carbonyl (C=O) groups is 1. The molecular weight excluding hydrogens is 282 g/mol. The molecule has 1 aromatic carbocycles. The van der Waals surface area contributed by atoms with Crippen molar-refractivity contribution in [3.63, 3.8) is 0 Å². The van der Waals surface area contributed by atoms with E-state index in [1.54, 1.807) is 24.1 Å². The highest BCUT2D eigenvalue weighted by molar-refractivity contribution is 6.42. The Bertz CT molecular complexity index is 441. The van der Waals surface area contributed by atoms with Crippen LogP contribution in [0.4, 0.5) is 5.69 Å². The molecule has 1 aliphatic rings. The molecule has 1 aromatic rings. The van der Waals surface area contributed by atoms with Gasteiger partial charge in [-0.15, -0.1) is 0 Å². The van der Waals surface area contributed by atoms with Crippen LogP contribution in [0.2, 0.25) is 15.1 Å². The molecule has 1 fully saturated rings. The summed E-state index contributed by atoms with van der Waals surface area (Å²) in [5.74, 6) is -0.0152. The summed E-state index contributed by atoms with van der Waals surface area (Å²) in [6.07, 6.45) is 0.741. The average molecular weight is 294 g/mol. The first-order valence-corrected chi connectivity index (χ1v) is 6.31. The highest BCUT2D eigenvalue weighted by atomic mass is 35.5. The van der Waals surface area contributed by atoms with Gasteiger partial charge in [-0.05, 0) is 25.6 Å². The van der Waals surface area contributed by atoms with E-state index < -0.39 is 0 Å². The summed E-state index contributed by atoms with van der Waals surface area (Å²) >= 11 is 18.0. The SMILES string of the molecule is CNC1CCN(c2c(Cl)cc(Cl)cc2Cl)C1=O. The van der Waals surface area contributed by atoms with Gasteiger partial charge in [0.1, 0.15) is 0 Å². The molecule has 92 valence electrons. The minimum atomic E-state index is -0.169. The summed E-state index contributed by atoms with van der Waals surface area (Å²) in [5, 5.41) is 4.21. The van der Waals surface area contributed by atoms with Gasteiger partial charge in [-0.3, -0.25) is 4.79 Å². The molecule has 0 radical (unpaired) electrons. The lowest BCUT2D eigenvalue weighted by Gasteiger charge is -2.19. The van der Waals surface area contributed by atoms with Crippen molar-refractivity contribution >= 4 is 46.4 Å². The predicted molar refractivity (Wildman–Crippen MR) is 71.3 cm³/mol. The molecule has 1 atom stereocenters. The number of benzene rings is 1. The van der Waals surface area contributed by atoms with Gasteiger partial charge >= 0.3 is 0 Å². The zero-order valence-electron chi connectivity index (χ0n) is 9.14. The lowest BCUT2D eigenvalue weighted by Crippen LogP contribution is -2.36. The molecule has 1 aliphatic heterocycles. The van der Waals surface area contributed by atoms with Crippen molar-refractivity contribution in [1.29, 1.82) is 0 Å². The molecule has 0 spiro atoms. The van der Waals surface area contributed by atoms with E-state index in [-0.39, 0.29) is 11.9 Å². The van der Waals surface area contributed by atoms with Crippen molar-refractivity contribution in [2.45, 2.75) is 12.5 Å². The first-order valence-electron chi connectivity index (χ1n) is 5.17. The fourth-order valence-electron chi connectivity index (χ4n) is 1.96. The summed E-state index contributed by atoms with van der Waals surface area (Å²) in [6.45, 7) is 0.603. The minimum Gasteiger partial charge on any atom is -0.309 e. The molecule has 0 saturated carbocycles. The van der Waals surface area contributed by atoms with Gasteiger partial charge in [0.05, 0.1) is 21.8 Å². The Hall–Kier alpha value is -0.480. The Morgan fingerprint density at radius 3 is 2.35 bits per heavy atom. The highest BCUT2D eigenvalue weighted by Gasteiger charge is 2.33. The second-order valence-corrected chi connectivity index (χ2v) is 5.09. The van der Waals surface area contributed by atoms with E-state index in [1.807, 2.05) is 0 Å². The zero-order valence-corrected chi connectivity index (χ0v) is 11.4. The van der Waals surface area contributed by atoms with Crippen LogP contribution in [0.25, 0.3) is 0 Å². The number of nitrogens with one attached hydrogen (secondary N) is 1. The Labute approximate surface area is 115 Å². The second kappa shape index (κ2) is 5.02. The lowest BCUT2D eigenvalue weighted by molar-refractivity contribution is -0.118. The Balaban J connectivity index is 2.39. The lowest BCUT2D eigenvalue weighted by atomic mass is 10.2. The number of likely N-dealkylation sites (N-methyl/N-ethyl adjacent to an activating group) is 1. The van der Waals surface area contributed by atoms with Crippen LogP contribution >= 0.6 is 34.8 Å². The molecule has 2 rings (SSSR count). The number of anilines is 1. The normalized spacial score (nSPS) is 20.1. The van der Waals surface area contributed by atoms with Gasteiger partial charge in [0.15, 0.2) is 0 Å². The largest absolute Gasteiger partial charge is 0.309 e. The van der Waals surface area contributed by atoms with Gasteiger partial charge in [-0.2, -0.15) is 0 Å².